The number of hydrogen-bond donors (Lipinski definition) is 1. The molecule has 0 aromatic heterocycles. The second kappa shape index (κ2) is 5.92. The van der Waals surface area contributed by atoms with Gasteiger partial charge < -0.3 is 9.84 Å². The molecule has 0 aliphatic rings. The summed E-state index contributed by atoms with van der Waals surface area (Å²) in [5.41, 5.74) is 1.22. The van der Waals surface area contributed by atoms with Gasteiger partial charge in [-0.15, -0.1) is 0 Å². The normalized spacial score (nSPS) is 10.3. The summed E-state index contributed by atoms with van der Waals surface area (Å²) in [4.78, 5) is 10.9. The molecule has 1 N–H and O–H groups in total. The van der Waals surface area contributed by atoms with Crippen LogP contribution in [-0.4, -0.2) is 11.1 Å². The summed E-state index contributed by atoms with van der Waals surface area (Å²) in [6.45, 7) is 1.77. The third-order valence-electron chi connectivity index (χ3n) is 2.85. The van der Waals surface area contributed by atoms with E-state index in [1.165, 1.54) is 18.2 Å². The Morgan fingerprint density at radius 3 is 2.80 bits per heavy atom. The van der Waals surface area contributed by atoms with E-state index in [2.05, 4.69) is 0 Å². The molecule has 2 rings (SSSR count). The Balaban J connectivity index is 2.20. The minimum atomic E-state index is -1.04. The van der Waals surface area contributed by atoms with E-state index in [0.29, 0.717) is 11.3 Å². The van der Waals surface area contributed by atoms with Crippen molar-refractivity contribution in [1.82, 2.24) is 0 Å². The van der Waals surface area contributed by atoms with Gasteiger partial charge in [0.25, 0.3) is 0 Å². The van der Waals surface area contributed by atoms with E-state index >= 15 is 0 Å². The topological polar surface area (TPSA) is 46.5 Å². The molecule has 0 amide bonds. The summed E-state index contributed by atoms with van der Waals surface area (Å²) < 4.78 is 19.2. The lowest BCUT2D eigenvalue weighted by atomic mass is 10.1. The van der Waals surface area contributed by atoms with E-state index in [0.717, 1.165) is 5.56 Å². The molecule has 0 spiro atoms. The van der Waals surface area contributed by atoms with Gasteiger partial charge in [-0.2, -0.15) is 0 Å². The lowest BCUT2D eigenvalue weighted by Gasteiger charge is -2.11. The van der Waals surface area contributed by atoms with Crippen LogP contribution < -0.4 is 4.74 Å². The van der Waals surface area contributed by atoms with E-state index < -0.39 is 11.8 Å². The molecular weight excluding hydrogens is 283 g/mol. The molecule has 0 heterocycles. The summed E-state index contributed by atoms with van der Waals surface area (Å²) in [7, 11) is 0. The van der Waals surface area contributed by atoms with Crippen LogP contribution in [0.25, 0.3) is 0 Å². The maximum Gasteiger partial charge on any atom is 0.335 e. The Bertz CT molecular complexity index is 656. The van der Waals surface area contributed by atoms with Crippen molar-refractivity contribution in [3.63, 3.8) is 0 Å². The van der Waals surface area contributed by atoms with E-state index in [1.54, 1.807) is 25.1 Å². The molecule has 0 fully saturated rings. The Hall–Kier alpha value is -2.07. The van der Waals surface area contributed by atoms with Crippen LogP contribution in [0, 0.1) is 12.7 Å². The van der Waals surface area contributed by atoms with Crippen LogP contribution >= 0.6 is 11.6 Å². The monoisotopic (exact) mass is 294 g/mol. The number of carbonyl (C=O) groups is 1. The molecule has 0 aliphatic carbocycles. The van der Waals surface area contributed by atoms with Gasteiger partial charge in [0.1, 0.15) is 18.2 Å². The van der Waals surface area contributed by atoms with E-state index in [-0.39, 0.29) is 17.2 Å². The second-order valence-electron chi connectivity index (χ2n) is 4.29. The standard InChI is InChI=1S/C15H12ClFO3/c1-9-5-6-10(15(18)19)7-13(9)20-8-11-3-2-4-12(16)14(11)17/h2-7H,8H2,1H3,(H,18,19). The first-order valence-corrected chi connectivity index (χ1v) is 6.26. The maximum absolute atomic E-state index is 13.7. The molecular formula is C15H12ClFO3. The highest BCUT2D eigenvalue weighted by Gasteiger charge is 2.10. The molecule has 2 aromatic carbocycles. The summed E-state index contributed by atoms with van der Waals surface area (Å²) >= 11 is 5.69. The molecule has 0 aliphatic heterocycles. The highest BCUT2D eigenvalue weighted by atomic mass is 35.5. The number of rotatable bonds is 4. The smallest absolute Gasteiger partial charge is 0.335 e. The van der Waals surface area contributed by atoms with Crippen molar-refractivity contribution in [2.75, 3.05) is 0 Å². The van der Waals surface area contributed by atoms with Crippen molar-refractivity contribution >= 4 is 17.6 Å². The van der Waals surface area contributed by atoms with Crippen LogP contribution in [0.2, 0.25) is 5.02 Å². The maximum atomic E-state index is 13.7. The van der Waals surface area contributed by atoms with Crippen LogP contribution in [0.15, 0.2) is 36.4 Å². The van der Waals surface area contributed by atoms with Crippen molar-refractivity contribution < 1.29 is 19.0 Å². The van der Waals surface area contributed by atoms with Crippen molar-refractivity contribution in [3.05, 3.63) is 63.9 Å². The molecule has 0 radical (unpaired) electrons. The fourth-order valence-corrected chi connectivity index (χ4v) is 1.90. The molecule has 0 bridgehead atoms. The number of ether oxygens (including phenoxy) is 1. The molecule has 5 heteroatoms. The number of hydrogen-bond acceptors (Lipinski definition) is 2. The zero-order valence-electron chi connectivity index (χ0n) is 10.7. The van der Waals surface area contributed by atoms with Crippen molar-refractivity contribution in [1.29, 1.82) is 0 Å². The fourth-order valence-electron chi connectivity index (χ4n) is 1.70. The third-order valence-corrected chi connectivity index (χ3v) is 3.14. The highest BCUT2D eigenvalue weighted by molar-refractivity contribution is 6.30. The van der Waals surface area contributed by atoms with Crippen molar-refractivity contribution in [2.45, 2.75) is 13.5 Å². The van der Waals surface area contributed by atoms with Gasteiger partial charge in [0.05, 0.1) is 10.6 Å². The summed E-state index contributed by atoms with van der Waals surface area (Å²) in [5, 5.41) is 8.96. The Labute approximate surface area is 120 Å². The van der Waals surface area contributed by atoms with Crippen LogP contribution in [0.4, 0.5) is 4.39 Å². The van der Waals surface area contributed by atoms with Crippen LogP contribution in [-0.2, 0) is 6.61 Å². The van der Waals surface area contributed by atoms with Gasteiger partial charge in [-0.05, 0) is 30.7 Å². The highest BCUT2D eigenvalue weighted by Crippen LogP contribution is 2.23. The van der Waals surface area contributed by atoms with E-state index in [4.69, 9.17) is 21.4 Å². The number of aryl methyl sites for hydroxylation is 1. The number of carboxylic acid groups (broad SMARTS) is 1. The Morgan fingerprint density at radius 1 is 1.35 bits per heavy atom. The first-order chi connectivity index (χ1) is 9.49. The molecule has 0 saturated carbocycles. The number of aromatic carboxylic acids is 1. The average Bonchev–Trinajstić information content (AvgIpc) is 2.41. The zero-order valence-corrected chi connectivity index (χ0v) is 11.4. The Morgan fingerprint density at radius 2 is 2.10 bits per heavy atom. The molecule has 104 valence electrons. The summed E-state index contributed by atoms with van der Waals surface area (Å²) in [5.74, 6) is -1.16. The predicted octanol–water partition coefficient (Wildman–Crippen LogP) is 4.06. The Kier molecular flexibility index (Phi) is 4.25. The summed E-state index contributed by atoms with van der Waals surface area (Å²) in [6, 6.07) is 9.21. The second-order valence-corrected chi connectivity index (χ2v) is 4.69. The SMILES string of the molecule is Cc1ccc(C(=O)O)cc1OCc1cccc(Cl)c1F. The van der Waals surface area contributed by atoms with Gasteiger partial charge in [-0.1, -0.05) is 29.8 Å². The van der Waals surface area contributed by atoms with Gasteiger partial charge in [-0.3, -0.25) is 0 Å². The van der Waals surface area contributed by atoms with Crippen LogP contribution in [0.3, 0.4) is 0 Å². The quantitative estimate of drug-likeness (QED) is 0.925. The van der Waals surface area contributed by atoms with Gasteiger partial charge >= 0.3 is 5.97 Å². The fraction of sp³-hybridized carbons (Fsp3) is 0.133. The molecule has 0 atom stereocenters. The number of halogens is 2. The number of carboxylic acids is 1. The lowest BCUT2D eigenvalue weighted by Crippen LogP contribution is -2.02. The molecule has 2 aromatic rings. The predicted molar refractivity (Wildman–Crippen MR) is 73.9 cm³/mol. The van der Waals surface area contributed by atoms with Gasteiger partial charge in [0, 0.05) is 5.56 Å². The van der Waals surface area contributed by atoms with Crippen molar-refractivity contribution in [3.8, 4) is 5.75 Å². The minimum Gasteiger partial charge on any atom is -0.488 e. The molecule has 0 unspecified atom stereocenters. The lowest BCUT2D eigenvalue weighted by molar-refractivity contribution is 0.0696. The average molecular weight is 295 g/mol. The summed E-state index contributed by atoms with van der Waals surface area (Å²) in [6.07, 6.45) is 0. The van der Waals surface area contributed by atoms with Gasteiger partial charge in [0.15, 0.2) is 0 Å². The van der Waals surface area contributed by atoms with E-state index in [9.17, 15) is 9.18 Å². The molecule has 3 nitrogen and oxygen atoms in total. The zero-order chi connectivity index (χ0) is 14.7. The molecule has 20 heavy (non-hydrogen) atoms. The first-order valence-electron chi connectivity index (χ1n) is 5.88. The van der Waals surface area contributed by atoms with Gasteiger partial charge in [0.2, 0.25) is 0 Å². The number of benzene rings is 2. The first kappa shape index (κ1) is 14.3. The largest absolute Gasteiger partial charge is 0.488 e. The van der Waals surface area contributed by atoms with Crippen LogP contribution in [0.1, 0.15) is 21.5 Å². The van der Waals surface area contributed by atoms with Gasteiger partial charge in [-0.25, -0.2) is 9.18 Å². The minimum absolute atomic E-state index is 0.0176. The molecule has 0 saturated heterocycles. The van der Waals surface area contributed by atoms with Crippen molar-refractivity contribution in [2.24, 2.45) is 0 Å². The van der Waals surface area contributed by atoms with Crippen LogP contribution in [0.5, 0.6) is 5.75 Å². The van der Waals surface area contributed by atoms with E-state index in [1.807, 2.05) is 0 Å². The third kappa shape index (κ3) is 3.08.